The first kappa shape index (κ1) is 32.3. The minimum atomic E-state index is -0.536. The summed E-state index contributed by atoms with van der Waals surface area (Å²) in [6.07, 6.45) is 0.624. The molecule has 0 spiro atoms. The highest BCUT2D eigenvalue weighted by Gasteiger charge is 2.31. The fraction of sp³-hybridized carbons (Fsp3) is 0.344. The van der Waals surface area contributed by atoms with Crippen LogP contribution in [0.15, 0.2) is 60.7 Å². The van der Waals surface area contributed by atoms with Crippen LogP contribution < -0.4 is 15.0 Å². The average molecular weight is 629 g/mol. The number of rotatable bonds is 7. The summed E-state index contributed by atoms with van der Waals surface area (Å²) in [7, 11) is 1.49. The molecular weight excluding hydrogens is 593 g/mol. The molecular formula is C32H35Cl2N3O6. The lowest BCUT2D eigenvalue weighted by molar-refractivity contribution is -0.152. The first-order valence-electron chi connectivity index (χ1n) is 14.0. The van der Waals surface area contributed by atoms with Crippen molar-refractivity contribution in [2.24, 2.45) is 0 Å². The molecule has 0 bridgehead atoms. The van der Waals surface area contributed by atoms with Crippen LogP contribution >= 0.6 is 24.0 Å². The molecule has 1 atom stereocenters. The minimum Gasteiger partial charge on any atom is -0.496 e. The summed E-state index contributed by atoms with van der Waals surface area (Å²) < 4.78 is 16.9. The van der Waals surface area contributed by atoms with Crippen molar-refractivity contribution in [1.29, 1.82) is 0 Å². The summed E-state index contributed by atoms with van der Waals surface area (Å²) in [5.41, 5.74) is 3.59. The number of morpholine rings is 1. The van der Waals surface area contributed by atoms with Gasteiger partial charge in [0.2, 0.25) is 0 Å². The molecule has 2 aliphatic rings. The third kappa shape index (κ3) is 7.67. The van der Waals surface area contributed by atoms with E-state index < -0.39 is 6.10 Å². The normalized spacial score (nSPS) is 16.7. The number of methoxy groups -OCH3 is 1. The third-order valence-corrected chi connectivity index (χ3v) is 7.77. The largest absolute Gasteiger partial charge is 0.496 e. The highest BCUT2D eigenvalue weighted by molar-refractivity contribution is 6.30. The number of carbonyl (C=O) groups is 3. The van der Waals surface area contributed by atoms with Crippen LogP contribution in [0, 0.1) is 6.92 Å². The Morgan fingerprint density at radius 3 is 2.51 bits per heavy atom. The van der Waals surface area contributed by atoms with Crippen molar-refractivity contribution >= 4 is 53.2 Å². The SMILES string of the molecule is COc1cc(NC(=O)c2ccccc2C)ccc1C(=O)N1CCCC(OC(=O)CN2CCOCC2)c2cc(Cl)ccc21.Cl. The fourth-order valence-electron chi connectivity index (χ4n) is 5.33. The number of halogens is 2. The molecule has 0 saturated carbocycles. The number of fused-ring (bicyclic) bond motifs is 1. The summed E-state index contributed by atoms with van der Waals surface area (Å²) in [5, 5.41) is 3.38. The molecule has 2 aliphatic heterocycles. The Balaban J connectivity index is 0.00000423. The maximum atomic E-state index is 14.0. The Labute approximate surface area is 262 Å². The Morgan fingerprint density at radius 2 is 1.77 bits per heavy atom. The molecule has 0 aliphatic carbocycles. The number of ether oxygens (including phenoxy) is 3. The number of nitrogens with zero attached hydrogens (tertiary/aromatic N) is 2. The van der Waals surface area contributed by atoms with Gasteiger partial charge in [0.15, 0.2) is 0 Å². The quantitative estimate of drug-likeness (QED) is 0.336. The summed E-state index contributed by atoms with van der Waals surface area (Å²) in [6, 6.07) is 17.6. The zero-order valence-electron chi connectivity index (χ0n) is 24.1. The van der Waals surface area contributed by atoms with Gasteiger partial charge in [-0.05, 0) is 61.7 Å². The van der Waals surface area contributed by atoms with Crippen LogP contribution in [0.3, 0.4) is 0 Å². The number of amides is 2. The molecule has 1 N–H and O–H groups in total. The van der Waals surface area contributed by atoms with Gasteiger partial charge >= 0.3 is 5.97 Å². The van der Waals surface area contributed by atoms with Gasteiger partial charge in [0.05, 0.1) is 38.1 Å². The van der Waals surface area contributed by atoms with Gasteiger partial charge in [-0.25, -0.2) is 0 Å². The van der Waals surface area contributed by atoms with Crippen molar-refractivity contribution in [2.75, 3.05) is 56.7 Å². The topological polar surface area (TPSA) is 97.4 Å². The van der Waals surface area contributed by atoms with Crippen molar-refractivity contribution < 1.29 is 28.6 Å². The first-order valence-corrected chi connectivity index (χ1v) is 14.4. The second kappa shape index (κ2) is 14.7. The summed E-state index contributed by atoms with van der Waals surface area (Å²) in [6.45, 7) is 5.02. The molecule has 0 aromatic heterocycles. The van der Waals surface area contributed by atoms with Gasteiger partial charge in [0, 0.05) is 47.5 Å². The average Bonchev–Trinajstić information content (AvgIpc) is 3.16. The van der Waals surface area contributed by atoms with Gasteiger partial charge in [0.25, 0.3) is 11.8 Å². The number of anilines is 2. The predicted molar refractivity (Wildman–Crippen MR) is 168 cm³/mol. The lowest BCUT2D eigenvalue weighted by Crippen LogP contribution is -2.40. The summed E-state index contributed by atoms with van der Waals surface area (Å²) in [5.74, 6) is -0.511. The van der Waals surface area contributed by atoms with Crippen molar-refractivity contribution in [1.82, 2.24) is 4.90 Å². The Morgan fingerprint density at radius 1 is 1.00 bits per heavy atom. The smallest absolute Gasteiger partial charge is 0.320 e. The van der Waals surface area contributed by atoms with E-state index in [0.717, 1.165) is 5.56 Å². The van der Waals surface area contributed by atoms with E-state index in [-0.39, 0.29) is 36.7 Å². The molecule has 1 fully saturated rings. The van der Waals surface area contributed by atoms with E-state index in [1.165, 1.54) is 7.11 Å². The van der Waals surface area contributed by atoms with Crippen LogP contribution in [-0.4, -0.2) is 69.2 Å². The van der Waals surface area contributed by atoms with Gasteiger partial charge in [0.1, 0.15) is 11.9 Å². The Bertz CT molecular complexity index is 1480. The Kier molecular flexibility index (Phi) is 11.0. The number of nitrogens with one attached hydrogen (secondary N) is 1. The molecule has 43 heavy (non-hydrogen) atoms. The van der Waals surface area contributed by atoms with Crippen LogP contribution in [0.1, 0.15) is 50.8 Å². The zero-order valence-corrected chi connectivity index (χ0v) is 25.7. The Hall–Kier alpha value is -3.63. The van der Waals surface area contributed by atoms with E-state index >= 15 is 0 Å². The highest BCUT2D eigenvalue weighted by atomic mass is 35.5. The number of carbonyl (C=O) groups excluding carboxylic acids is 3. The van der Waals surface area contributed by atoms with Crippen molar-refractivity contribution in [2.45, 2.75) is 25.9 Å². The zero-order chi connectivity index (χ0) is 29.6. The van der Waals surface area contributed by atoms with Crippen LogP contribution in [0.5, 0.6) is 5.75 Å². The van der Waals surface area contributed by atoms with Gasteiger partial charge < -0.3 is 24.4 Å². The van der Waals surface area contributed by atoms with Gasteiger partial charge in [-0.15, -0.1) is 12.4 Å². The van der Waals surface area contributed by atoms with Gasteiger partial charge in [-0.2, -0.15) is 0 Å². The van der Waals surface area contributed by atoms with E-state index in [2.05, 4.69) is 5.32 Å². The first-order chi connectivity index (χ1) is 20.3. The standard InChI is InChI=1S/C32H34ClN3O6.ClH/c1-21-6-3-4-7-24(21)31(38)34-23-10-11-25(29(19-23)40-2)32(39)36-13-5-8-28(26-18-22(33)9-12-27(26)36)42-30(37)20-35-14-16-41-17-15-35;/h3-4,6-7,9-12,18-19,28H,5,8,13-17,20H2,1-2H3,(H,34,38);1H. The molecule has 11 heteroatoms. The number of aryl methyl sites for hydroxylation is 1. The maximum Gasteiger partial charge on any atom is 0.320 e. The third-order valence-electron chi connectivity index (χ3n) is 7.53. The number of hydrogen-bond donors (Lipinski definition) is 1. The van der Waals surface area contributed by atoms with E-state index in [9.17, 15) is 14.4 Å². The van der Waals surface area contributed by atoms with E-state index in [1.807, 2.05) is 30.0 Å². The molecule has 2 heterocycles. The van der Waals surface area contributed by atoms with Crippen molar-refractivity contribution in [3.8, 4) is 5.75 Å². The van der Waals surface area contributed by atoms with Crippen LogP contribution in [0.25, 0.3) is 0 Å². The van der Waals surface area contributed by atoms with Gasteiger partial charge in [-0.3, -0.25) is 19.3 Å². The van der Waals surface area contributed by atoms with Crippen molar-refractivity contribution in [3.63, 3.8) is 0 Å². The minimum absolute atomic E-state index is 0. The van der Waals surface area contributed by atoms with Crippen LogP contribution in [-0.2, 0) is 14.3 Å². The monoisotopic (exact) mass is 627 g/mol. The predicted octanol–water partition coefficient (Wildman–Crippen LogP) is 5.69. The molecule has 3 aromatic carbocycles. The molecule has 5 rings (SSSR count). The van der Waals surface area contributed by atoms with E-state index in [0.29, 0.717) is 84.5 Å². The molecule has 228 valence electrons. The van der Waals surface area contributed by atoms with Crippen molar-refractivity contribution in [3.05, 3.63) is 87.9 Å². The second-order valence-electron chi connectivity index (χ2n) is 10.4. The molecule has 9 nitrogen and oxygen atoms in total. The second-order valence-corrected chi connectivity index (χ2v) is 10.8. The maximum absolute atomic E-state index is 14.0. The molecule has 1 unspecified atom stereocenters. The molecule has 1 saturated heterocycles. The lowest BCUT2D eigenvalue weighted by atomic mass is 10.0. The van der Waals surface area contributed by atoms with Crippen LogP contribution in [0.4, 0.5) is 11.4 Å². The fourth-order valence-corrected chi connectivity index (χ4v) is 5.51. The van der Waals surface area contributed by atoms with E-state index in [4.69, 9.17) is 25.8 Å². The number of benzene rings is 3. The summed E-state index contributed by atoms with van der Waals surface area (Å²) >= 11 is 6.37. The lowest BCUT2D eigenvalue weighted by Gasteiger charge is -2.27. The molecule has 0 radical (unpaired) electrons. The molecule has 2 amide bonds. The highest BCUT2D eigenvalue weighted by Crippen LogP contribution is 2.38. The summed E-state index contributed by atoms with van der Waals surface area (Å²) in [4.78, 5) is 43.4. The van der Waals surface area contributed by atoms with Crippen LogP contribution in [0.2, 0.25) is 5.02 Å². The molecule has 3 aromatic rings. The van der Waals surface area contributed by atoms with Gasteiger partial charge in [-0.1, -0.05) is 29.8 Å². The van der Waals surface area contributed by atoms with E-state index in [1.54, 1.807) is 47.4 Å². The number of hydrogen-bond acceptors (Lipinski definition) is 7. The number of esters is 1.